The van der Waals surface area contributed by atoms with Gasteiger partial charge in [0, 0.05) is 5.75 Å². The molecule has 0 aromatic carbocycles. The topological polar surface area (TPSA) is 54.0 Å². The predicted molar refractivity (Wildman–Crippen MR) is 63.3 cm³/mol. The van der Waals surface area contributed by atoms with Crippen LogP contribution >= 0.6 is 0 Å². The molecule has 1 rings (SSSR count). The second kappa shape index (κ2) is 5.31. The molecule has 0 aliphatic rings. The first-order chi connectivity index (χ1) is 7.46. The highest BCUT2D eigenvalue weighted by atomic mass is 32.2. The molecule has 88 valence electrons. The molecule has 0 radical (unpaired) electrons. The zero-order valence-electron chi connectivity index (χ0n) is 9.95. The molecule has 0 amide bonds. The summed E-state index contributed by atoms with van der Waals surface area (Å²) in [6.45, 7) is 5.62. The monoisotopic (exact) mass is 239 g/mol. The number of aryl methyl sites for hydroxylation is 1. The molecule has 0 N–H and O–H groups in total. The van der Waals surface area contributed by atoms with Crippen LogP contribution in [0.3, 0.4) is 0 Å². The molecule has 1 unspecified atom stereocenters. The maximum atomic E-state index is 11.9. The fraction of sp³-hybridized carbons (Fsp3) is 0.583. The Morgan fingerprint density at radius 1 is 1.56 bits per heavy atom. The molecular formula is C12H17NO2S. The first-order valence-electron chi connectivity index (χ1n) is 5.30. The van der Waals surface area contributed by atoms with Crippen molar-refractivity contribution in [3.8, 4) is 6.07 Å². The highest BCUT2D eigenvalue weighted by Gasteiger charge is 2.17. The number of rotatable bonds is 5. The SMILES string of the molecule is Cc1occc1S(=O)CCCC(C)(C)C#N. The van der Waals surface area contributed by atoms with Crippen molar-refractivity contribution in [2.75, 3.05) is 5.75 Å². The van der Waals surface area contributed by atoms with E-state index in [0.29, 0.717) is 5.75 Å². The van der Waals surface area contributed by atoms with Gasteiger partial charge < -0.3 is 4.42 Å². The van der Waals surface area contributed by atoms with Crippen LogP contribution in [-0.2, 0) is 10.8 Å². The van der Waals surface area contributed by atoms with Gasteiger partial charge in [-0.25, -0.2) is 0 Å². The Morgan fingerprint density at radius 2 is 2.25 bits per heavy atom. The molecule has 0 saturated heterocycles. The lowest BCUT2D eigenvalue weighted by Gasteiger charge is -2.13. The van der Waals surface area contributed by atoms with Crippen LogP contribution < -0.4 is 0 Å². The van der Waals surface area contributed by atoms with Crippen molar-refractivity contribution in [1.82, 2.24) is 0 Å². The minimum Gasteiger partial charge on any atom is -0.468 e. The number of hydrogen-bond donors (Lipinski definition) is 0. The van der Waals surface area contributed by atoms with Gasteiger partial charge in [-0.1, -0.05) is 0 Å². The summed E-state index contributed by atoms with van der Waals surface area (Å²) in [5.74, 6) is 1.31. The Bertz CT molecular complexity index is 415. The van der Waals surface area contributed by atoms with Gasteiger partial charge in [-0.15, -0.1) is 0 Å². The largest absolute Gasteiger partial charge is 0.468 e. The van der Waals surface area contributed by atoms with Gasteiger partial charge in [0.1, 0.15) is 5.76 Å². The Labute approximate surface area is 98.9 Å². The first kappa shape index (κ1) is 13.0. The molecule has 0 saturated carbocycles. The lowest BCUT2D eigenvalue weighted by atomic mass is 9.90. The number of furan rings is 1. The van der Waals surface area contributed by atoms with E-state index in [9.17, 15) is 4.21 Å². The zero-order valence-corrected chi connectivity index (χ0v) is 10.8. The third-order valence-corrected chi connectivity index (χ3v) is 4.06. The molecule has 4 heteroatoms. The van der Waals surface area contributed by atoms with Gasteiger partial charge in [0.2, 0.25) is 0 Å². The highest BCUT2D eigenvalue weighted by Crippen LogP contribution is 2.22. The van der Waals surface area contributed by atoms with E-state index in [1.165, 1.54) is 0 Å². The molecule has 3 nitrogen and oxygen atoms in total. The standard InChI is InChI=1S/C12H17NO2S/c1-10-11(5-7-15-10)16(14)8-4-6-12(2,3)9-13/h5,7H,4,6,8H2,1-3H3. The van der Waals surface area contributed by atoms with Crippen LogP contribution in [0.4, 0.5) is 0 Å². The van der Waals surface area contributed by atoms with E-state index < -0.39 is 10.8 Å². The molecule has 1 aromatic rings. The van der Waals surface area contributed by atoms with Gasteiger partial charge in [-0.2, -0.15) is 5.26 Å². The summed E-state index contributed by atoms with van der Waals surface area (Å²) in [5, 5.41) is 8.85. The Morgan fingerprint density at radius 3 is 2.75 bits per heavy atom. The Balaban J connectivity index is 2.44. The maximum Gasteiger partial charge on any atom is 0.116 e. The van der Waals surface area contributed by atoms with Crippen molar-refractivity contribution in [2.24, 2.45) is 5.41 Å². The zero-order chi connectivity index (χ0) is 12.2. The highest BCUT2D eigenvalue weighted by molar-refractivity contribution is 7.85. The quantitative estimate of drug-likeness (QED) is 0.793. The van der Waals surface area contributed by atoms with E-state index in [0.717, 1.165) is 23.5 Å². The minimum atomic E-state index is -1.00. The van der Waals surface area contributed by atoms with Crippen molar-refractivity contribution >= 4 is 10.8 Å². The van der Waals surface area contributed by atoms with Gasteiger partial charge in [0.05, 0.1) is 33.4 Å². The second-order valence-corrected chi connectivity index (χ2v) is 6.03. The second-order valence-electron chi connectivity index (χ2n) is 4.49. The van der Waals surface area contributed by atoms with Crippen molar-refractivity contribution in [1.29, 1.82) is 5.26 Å². The summed E-state index contributed by atoms with van der Waals surface area (Å²) in [7, 11) is -1.00. The summed E-state index contributed by atoms with van der Waals surface area (Å²) >= 11 is 0. The lowest BCUT2D eigenvalue weighted by Crippen LogP contribution is -2.10. The molecule has 0 fully saturated rings. The average molecular weight is 239 g/mol. The molecule has 0 bridgehead atoms. The summed E-state index contributed by atoms with van der Waals surface area (Å²) < 4.78 is 17.0. The van der Waals surface area contributed by atoms with Gasteiger partial charge in [-0.05, 0) is 39.7 Å². The molecule has 1 heterocycles. The number of nitriles is 1. The maximum absolute atomic E-state index is 11.9. The molecule has 1 atom stereocenters. The van der Waals surface area contributed by atoms with E-state index in [1.54, 1.807) is 12.3 Å². The third-order valence-electron chi connectivity index (χ3n) is 2.49. The van der Waals surface area contributed by atoms with Crippen molar-refractivity contribution in [3.05, 3.63) is 18.1 Å². The molecule has 1 aromatic heterocycles. The summed E-state index contributed by atoms with van der Waals surface area (Å²) in [5.41, 5.74) is -0.324. The fourth-order valence-corrected chi connectivity index (χ4v) is 2.62. The van der Waals surface area contributed by atoms with E-state index in [1.807, 2.05) is 20.8 Å². The average Bonchev–Trinajstić information content (AvgIpc) is 2.64. The molecule has 0 aliphatic heterocycles. The molecule has 0 aliphatic carbocycles. The van der Waals surface area contributed by atoms with Crippen LogP contribution in [0.5, 0.6) is 0 Å². The van der Waals surface area contributed by atoms with Gasteiger partial charge in [-0.3, -0.25) is 4.21 Å². The Kier molecular flexibility index (Phi) is 4.31. The van der Waals surface area contributed by atoms with Crippen LogP contribution in [0.25, 0.3) is 0 Å². The number of hydrogen-bond acceptors (Lipinski definition) is 3. The van der Waals surface area contributed by atoms with Crippen molar-refractivity contribution in [2.45, 2.75) is 38.5 Å². The van der Waals surface area contributed by atoms with Crippen LogP contribution in [0, 0.1) is 23.7 Å². The van der Waals surface area contributed by atoms with E-state index in [4.69, 9.17) is 9.68 Å². The van der Waals surface area contributed by atoms with Crippen molar-refractivity contribution in [3.63, 3.8) is 0 Å². The van der Waals surface area contributed by atoms with Crippen molar-refractivity contribution < 1.29 is 8.63 Å². The normalized spacial score (nSPS) is 13.4. The van der Waals surface area contributed by atoms with E-state index >= 15 is 0 Å². The van der Waals surface area contributed by atoms with Gasteiger partial charge >= 0.3 is 0 Å². The predicted octanol–water partition coefficient (Wildman–Crippen LogP) is 3.03. The Hall–Kier alpha value is -1.08. The van der Waals surface area contributed by atoms with Crippen LogP contribution in [0.2, 0.25) is 0 Å². The number of nitrogens with zero attached hydrogens (tertiary/aromatic N) is 1. The summed E-state index contributed by atoms with van der Waals surface area (Å²) in [6, 6.07) is 3.99. The molecule has 16 heavy (non-hydrogen) atoms. The van der Waals surface area contributed by atoms with Crippen LogP contribution in [0.1, 0.15) is 32.4 Å². The molecular weight excluding hydrogens is 222 g/mol. The van der Waals surface area contributed by atoms with Crippen LogP contribution in [0.15, 0.2) is 21.6 Å². The fourth-order valence-electron chi connectivity index (χ4n) is 1.42. The van der Waals surface area contributed by atoms with E-state index in [2.05, 4.69) is 6.07 Å². The lowest BCUT2D eigenvalue weighted by molar-refractivity contribution is 0.447. The molecule has 0 spiro atoms. The van der Waals surface area contributed by atoms with E-state index in [-0.39, 0.29) is 5.41 Å². The minimum absolute atomic E-state index is 0.324. The van der Waals surface area contributed by atoms with Crippen LogP contribution in [-0.4, -0.2) is 9.96 Å². The van der Waals surface area contributed by atoms with Gasteiger partial charge in [0.25, 0.3) is 0 Å². The summed E-state index contributed by atoms with van der Waals surface area (Å²) in [6.07, 6.45) is 3.12. The smallest absolute Gasteiger partial charge is 0.116 e. The third kappa shape index (κ3) is 3.49. The first-order valence-corrected chi connectivity index (χ1v) is 6.62. The summed E-state index contributed by atoms with van der Waals surface area (Å²) in [4.78, 5) is 0.773. The van der Waals surface area contributed by atoms with Gasteiger partial charge in [0.15, 0.2) is 0 Å².